The van der Waals surface area contributed by atoms with E-state index in [0.717, 1.165) is 32.1 Å². The van der Waals surface area contributed by atoms with Crippen LogP contribution in [0.25, 0.3) is 0 Å². The molecule has 1 fully saturated rings. The number of nitrogens with one attached hydrogen (secondary N) is 2. The van der Waals surface area contributed by atoms with E-state index in [9.17, 15) is 9.59 Å². The molecule has 5 heteroatoms. The lowest BCUT2D eigenvalue weighted by molar-refractivity contribution is -0.126. The normalized spacial score (nSPS) is 17.0. The van der Waals surface area contributed by atoms with Crippen molar-refractivity contribution in [3.05, 3.63) is 29.8 Å². The zero-order valence-electron chi connectivity index (χ0n) is 12.4. The minimum atomic E-state index is -0.492. The summed E-state index contributed by atoms with van der Waals surface area (Å²) in [6.45, 7) is 0.348. The molecule has 1 aliphatic carbocycles. The Morgan fingerprint density at radius 1 is 1.19 bits per heavy atom. The van der Waals surface area contributed by atoms with Crippen LogP contribution in [0, 0.1) is 5.41 Å². The third-order valence-corrected chi connectivity index (χ3v) is 4.33. The molecule has 21 heavy (non-hydrogen) atoms. The van der Waals surface area contributed by atoms with Gasteiger partial charge in [0, 0.05) is 13.6 Å². The zero-order valence-corrected chi connectivity index (χ0v) is 12.4. The van der Waals surface area contributed by atoms with E-state index < -0.39 is 5.41 Å². The Kier molecular flexibility index (Phi) is 4.96. The fourth-order valence-corrected chi connectivity index (χ4v) is 2.93. The second kappa shape index (κ2) is 6.72. The highest BCUT2D eigenvalue weighted by Crippen LogP contribution is 2.36. The van der Waals surface area contributed by atoms with Crippen LogP contribution in [0.5, 0.6) is 0 Å². The van der Waals surface area contributed by atoms with Crippen molar-refractivity contribution < 1.29 is 9.59 Å². The molecule has 0 aromatic heterocycles. The highest BCUT2D eigenvalue weighted by molar-refractivity contribution is 6.04. The molecule has 4 N–H and O–H groups in total. The van der Waals surface area contributed by atoms with Gasteiger partial charge in [-0.25, -0.2) is 0 Å². The number of carbonyl (C=O) groups is 2. The Hall–Kier alpha value is -1.88. The van der Waals surface area contributed by atoms with E-state index in [2.05, 4.69) is 10.6 Å². The van der Waals surface area contributed by atoms with Crippen LogP contribution in [0.2, 0.25) is 0 Å². The second-order valence-electron chi connectivity index (χ2n) is 5.62. The van der Waals surface area contributed by atoms with Gasteiger partial charge in [0.25, 0.3) is 5.91 Å². The van der Waals surface area contributed by atoms with Crippen LogP contribution in [0.3, 0.4) is 0 Å². The van der Waals surface area contributed by atoms with Gasteiger partial charge >= 0.3 is 0 Å². The van der Waals surface area contributed by atoms with Crippen molar-refractivity contribution >= 4 is 17.5 Å². The summed E-state index contributed by atoms with van der Waals surface area (Å²) in [6, 6.07) is 7.03. The molecule has 0 aliphatic heterocycles. The number of carbonyl (C=O) groups excluding carboxylic acids is 2. The summed E-state index contributed by atoms with van der Waals surface area (Å²) >= 11 is 0. The number of anilines is 1. The minimum Gasteiger partial charge on any atom is -0.355 e. The van der Waals surface area contributed by atoms with Gasteiger partial charge in [0.15, 0.2) is 0 Å². The molecular formula is C16H23N3O2. The first-order valence-corrected chi connectivity index (χ1v) is 7.45. The maximum atomic E-state index is 12.7. The molecule has 1 aliphatic rings. The molecule has 0 unspecified atom stereocenters. The average molecular weight is 289 g/mol. The van der Waals surface area contributed by atoms with Crippen molar-refractivity contribution in [3.8, 4) is 0 Å². The zero-order chi connectivity index (χ0) is 15.3. The van der Waals surface area contributed by atoms with Gasteiger partial charge in [0.2, 0.25) is 5.91 Å². The average Bonchev–Trinajstić information content (AvgIpc) is 2.55. The van der Waals surface area contributed by atoms with Gasteiger partial charge in [-0.1, -0.05) is 31.4 Å². The fourth-order valence-electron chi connectivity index (χ4n) is 2.93. The highest BCUT2D eigenvalue weighted by atomic mass is 16.2. The van der Waals surface area contributed by atoms with Gasteiger partial charge in [-0.05, 0) is 25.0 Å². The molecule has 0 heterocycles. The van der Waals surface area contributed by atoms with Gasteiger partial charge in [-0.15, -0.1) is 0 Å². The molecule has 114 valence electrons. The molecule has 0 saturated heterocycles. The first kappa shape index (κ1) is 15.5. The maximum absolute atomic E-state index is 12.7. The van der Waals surface area contributed by atoms with E-state index in [-0.39, 0.29) is 11.8 Å². The van der Waals surface area contributed by atoms with Crippen LogP contribution >= 0.6 is 0 Å². The highest BCUT2D eigenvalue weighted by Gasteiger charge is 2.38. The van der Waals surface area contributed by atoms with E-state index in [1.165, 1.54) is 0 Å². The monoisotopic (exact) mass is 289 g/mol. The van der Waals surface area contributed by atoms with E-state index in [1.54, 1.807) is 31.3 Å². The number of benzene rings is 1. The molecule has 1 saturated carbocycles. The predicted molar refractivity (Wildman–Crippen MR) is 83.0 cm³/mol. The Balaban J connectivity index is 2.21. The quantitative estimate of drug-likeness (QED) is 0.791. The maximum Gasteiger partial charge on any atom is 0.253 e. The number of hydrogen-bond donors (Lipinski definition) is 3. The Labute approximate surface area is 125 Å². The lowest BCUT2D eigenvalue weighted by Crippen LogP contribution is -2.44. The van der Waals surface area contributed by atoms with Gasteiger partial charge in [-0.3, -0.25) is 9.59 Å². The molecule has 0 bridgehead atoms. The van der Waals surface area contributed by atoms with Crippen LogP contribution in [0.15, 0.2) is 24.3 Å². The fraction of sp³-hybridized carbons (Fsp3) is 0.500. The minimum absolute atomic E-state index is 0.0685. The molecule has 5 nitrogen and oxygen atoms in total. The smallest absolute Gasteiger partial charge is 0.253 e. The SMILES string of the molecule is CNC(=O)c1ccccc1NC(=O)C1(CN)CCCCC1. The molecule has 2 amide bonds. The summed E-state index contributed by atoms with van der Waals surface area (Å²) in [6.07, 6.45) is 4.85. The van der Waals surface area contributed by atoms with Crippen LogP contribution in [-0.2, 0) is 4.79 Å². The Bertz CT molecular complexity index is 522. The first-order chi connectivity index (χ1) is 10.1. The summed E-state index contributed by atoms with van der Waals surface area (Å²) in [7, 11) is 1.57. The van der Waals surface area contributed by atoms with Crippen molar-refractivity contribution in [2.75, 3.05) is 18.9 Å². The summed E-state index contributed by atoms with van der Waals surface area (Å²) in [4.78, 5) is 24.5. The first-order valence-electron chi connectivity index (χ1n) is 7.45. The van der Waals surface area contributed by atoms with Gasteiger partial charge in [0.05, 0.1) is 16.7 Å². The predicted octanol–water partition coefficient (Wildman–Crippen LogP) is 1.89. The molecule has 0 radical (unpaired) electrons. The van der Waals surface area contributed by atoms with Crippen LogP contribution in [0.4, 0.5) is 5.69 Å². The van der Waals surface area contributed by atoms with Crippen molar-refractivity contribution in [2.45, 2.75) is 32.1 Å². The number of para-hydroxylation sites is 1. The van der Waals surface area contributed by atoms with E-state index in [4.69, 9.17) is 5.73 Å². The number of hydrogen-bond acceptors (Lipinski definition) is 3. The number of nitrogens with two attached hydrogens (primary N) is 1. The van der Waals surface area contributed by atoms with Crippen LogP contribution in [-0.4, -0.2) is 25.4 Å². The van der Waals surface area contributed by atoms with E-state index >= 15 is 0 Å². The molecule has 0 spiro atoms. The lowest BCUT2D eigenvalue weighted by Gasteiger charge is -2.34. The molecular weight excluding hydrogens is 266 g/mol. The van der Waals surface area contributed by atoms with Crippen molar-refractivity contribution in [1.82, 2.24) is 5.32 Å². The van der Waals surface area contributed by atoms with Crippen LogP contribution in [0.1, 0.15) is 42.5 Å². The molecule has 0 atom stereocenters. The topological polar surface area (TPSA) is 84.2 Å². The van der Waals surface area contributed by atoms with E-state index in [0.29, 0.717) is 17.8 Å². The summed E-state index contributed by atoms with van der Waals surface area (Å²) in [5.41, 5.74) is 6.40. The second-order valence-corrected chi connectivity index (χ2v) is 5.62. The largest absolute Gasteiger partial charge is 0.355 e. The third kappa shape index (κ3) is 3.24. The summed E-state index contributed by atoms with van der Waals surface area (Å²) in [5, 5.41) is 5.49. The third-order valence-electron chi connectivity index (χ3n) is 4.33. The van der Waals surface area contributed by atoms with E-state index in [1.807, 2.05) is 0 Å². The Morgan fingerprint density at radius 3 is 2.48 bits per heavy atom. The van der Waals surface area contributed by atoms with Crippen molar-refractivity contribution in [2.24, 2.45) is 11.1 Å². The summed E-state index contributed by atoms with van der Waals surface area (Å²) < 4.78 is 0. The summed E-state index contributed by atoms with van der Waals surface area (Å²) in [5.74, 6) is -0.280. The number of rotatable bonds is 4. The van der Waals surface area contributed by atoms with Crippen LogP contribution < -0.4 is 16.4 Å². The van der Waals surface area contributed by atoms with Gasteiger partial charge in [0.1, 0.15) is 0 Å². The number of amides is 2. The Morgan fingerprint density at radius 2 is 1.86 bits per heavy atom. The van der Waals surface area contributed by atoms with Gasteiger partial charge < -0.3 is 16.4 Å². The van der Waals surface area contributed by atoms with Crippen molar-refractivity contribution in [1.29, 1.82) is 0 Å². The molecule has 1 aromatic carbocycles. The standard InChI is InChI=1S/C16H23N3O2/c1-18-14(20)12-7-3-4-8-13(12)19-15(21)16(11-17)9-5-2-6-10-16/h3-4,7-8H,2,5-6,9-11,17H2,1H3,(H,18,20)(H,19,21). The molecule has 2 rings (SSSR count). The molecule has 1 aromatic rings. The van der Waals surface area contributed by atoms with Gasteiger partial charge in [-0.2, -0.15) is 0 Å². The van der Waals surface area contributed by atoms with Crippen molar-refractivity contribution in [3.63, 3.8) is 0 Å². The lowest BCUT2D eigenvalue weighted by atomic mass is 9.73.